The fraction of sp³-hybridized carbons (Fsp3) is 0.588. The molecule has 0 spiro atoms. The third kappa shape index (κ3) is 4.32. The summed E-state index contributed by atoms with van der Waals surface area (Å²) in [5.74, 6) is 0.306. The summed E-state index contributed by atoms with van der Waals surface area (Å²) < 4.78 is 12.0. The van der Waals surface area contributed by atoms with Gasteiger partial charge in [-0.2, -0.15) is 0 Å². The Morgan fingerprint density at radius 2 is 1.75 bits per heavy atom. The van der Waals surface area contributed by atoms with Crippen LogP contribution in [0.2, 0.25) is 13.1 Å². The van der Waals surface area contributed by atoms with Crippen LogP contribution in [0.5, 0.6) is 0 Å². The molecule has 0 saturated carbocycles. The van der Waals surface area contributed by atoms with E-state index in [4.69, 9.17) is 8.85 Å². The quantitative estimate of drug-likeness (QED) is 0.403. The molecule has 7 heteroatoms. The molecule has 3 atom stereocenters. The molecule has 1 N–H and O–H groups in total. The molecule has 1 aromatic rings. The van der Waals surface area contributed by atoms with E-state index >= 15 is 0 Å². The lowest BCUT2D eigenvalue weighted by molar-refractivity contribution is -0.147. The maximum Gasteiger partial charge on any atom is 0.227 e. The number of amides is 1. The first kappa shape index (κ1) is 19.7. The van der Waals surface area contributed by atoms with Gasteiger partial charge in [0.25, 0.3) is 0 Å². The standard InChI is InChI=1S/C17H29NO3SSi2/c1-11(17(2,3)16(20-23-4)21-24-5)13-14(19)18-15(13)22-12-9-7-6-8-10-12/h6-11,13,15-16H,23-24H2,1-5H3,(H,18,19)/t11-,13-,15-/m1/s1. The zero-order valence-corrected chi connectivity index (χ0v) is 18.9. The summed E-state index contributed by atoms with van der Waals surface area (Å²) in [6, 6.07) is 10.2. The lowest BCUT2D eigenvalue weighted by atomic mass is 9.70. The van der Waals surface area contributed by atoms with E-state index in [1.165, 1.54) is 4.90 Å². The normalized spacial score (nSPS) is 24.3. The van der Waals surface area contributed by atoms with Crippen LogP contribution in [0, 0.1) is 17.3 Å². The zero-order valence-electron chi connectivity index (χ0n) is 15.2. The first-order valence-electron chi connectivity index (χ1n) is 8.67. The summed E-state index contributed by atoms with van der Waals surface area (Å²) in [5, 5.41) is 3.18. The van der Waals surface area contributed by atoms with Gasteiger partial charge in [0.05, 0.1) is 11.3 Å². The molecule has 1 saturated heterocycles. The molecule has 4 nitrogen and oxygen atoms in total. The van der Waals surface area contributed by atoms with Gasteiger partial charge in [-0.15, -0.1) is 11.8 Å². The predicted octanol–water partition coefficient (Wildman–Crippen LogP) is 2.14. The second kappa shape index (κ2) is 8.66. The van der Waals surface area contributed by atoms with Crippen LogP contribution < -0.4 is 5.32 Å². The van der Waals surface area contributed by atoms with Gasteiger partial charge >= 0.3 is 0 Å². The predicted molar refractivity (Wildman–Crippen MR) is 105 cm³/mol. The maximum absolute atomic E-state index is 12.3. The summed E-state index contributed by atoms with van der Waals surface area (Å²) in [6.07, 6.45) is -0.184. The molecule has 1 aliphatic rings. The number of nitrogens with one attached hydrogen (secondary N) is 1. The molecule has 1 aromatic carbocycles. The van der Waals surface area contributed by atoms with Crippen molar-refractivity contribution in [1.29, 1.82) is 0 Å². The van der Waals surface area contributed by atoms with Crippen LogP contribution in [-0.2, 0) is 13.6 Å². The highest BCUT2D eigenvalue weighted by atomic mass is 32.2. The monoisotopic (exact) mass is 383 g/mol. The molecular weight excluding hydrogens is 354 g/mol. The van der Waals surface area contributed by atoms with Crippen molar-refractivity contribution in [1.82, 2.24) is 5.32 Å². The topological polar surface area (TPSA) is 47.6 Å². The van der Waals surface area contributed by atoms with Crippen LogP contribution in [0.3, 0.4) is 0 Å². The number of benzene rings is 1. The minimum Gasteiger partial charge on any atom is -0.400 e. The highest BCUT2D eigenvalue weighted by Crippen LogP contribution is 2.45. The number of rotatable bonds is 9. The SMILES string of the molecule is C[SiH2]OC(O[SiH2]C)C(C)(C)[C@H](C)[C@@H]1C(=O)N[C@@H]1Sc1ccccc1. The molecule has 1 heterocycles. The van der Waals surface area contributed by atoms with Crippen LogP contribution in [0.15, 0.2) is 35.2 Å². The highest BCUT2D eigenvalue weighted by molar-refractivity contribution is 8.00. The lowest BCUT2D eigenvalue weighted by Gasteiger charge is -2.48. The van der Waals surface area contributed by atoms with Gasteiger partial charge in [0.1, 0.15) is 6.29 Å². The number of hydrogen-bond donors (Lipinski definition) is 1. The second-order valence-corrected chi connectivity index (χ2v) is 9.77. The van der Waals surface area contributed by atoms with Gasteiger partial charge in [0.15, 0.2) is 19.5 Å². The van der Waals surface area contributed by atoms with E-state index < -0.39 is 19.5 Å². The van der Waals surface area contributed by atoms with E-state index in [0.717, 1.165) is 0 Å². The Morgan fingerprint density at radius 1 is 1.17 bits per heavy atom. The van der Waals surface area contributed by atoms with E-state index in [0.29, 0.717) is 0 Å². The van der Waals surface area contributed by atoms with Crippen molar-refractivity contribution in [2.75, 3.05) is 0 Å². The van der Waals surface area contributed by atoms with Gasteiger partial charge in [-0.3, -0.25) is 4.79 Å². The summed E-state index contributed by atoms with van der Waals surface area (Å²) >= 11 is 1.73. The van der Waals surface area contributed by atoms with Gasteiger partial charge in [-0.05, 0) is 18.1 Å². The third-order valence-corrected chi connectivity index (χ3v) is 7.36. The van der Waals surface area contributed by atoms with Gasteiger partial charge < -0.3 is 14.2 Å². The molecule has 1 aliphatic heterocycles. The molecule has 24 heavy (non-hydrogen) atoms. The average Bonchev–Trinajstić information content (AvgIpc) is 2.55. The van der Waals surface area contributed by atoms with Gasteiger partial charge in [-0.25, -0.2) is 0 Å². The van der Waals surface area contributed by atoms with Crippen LogP contribution in [-0.4, -0.2) is 37.1 Å². The Balaban J connectivity index is 2.10. The largest absolute Gasteiger partial charge is 0.400 e. The van der Waals surface area contributed by atoms with E-state index in [-0.39, 0.29) is 34.8 Å². The number of β-lactam (4-membered cyclic amide) rings is 1. The van der Waals surface area contributed by atoms with Gasteiger partial charge in [0, 0.05) is 10.3 Å². The first-order valence-corrected chi connectivity index (χ1v) is 13.5. The van der Waals surface area contributed by atoms with Crippen LogP contribution in [0.25, 0.3) is 0 Å². The zero-order chi connectivity index (χ0) is 17.7. The van der Waals surface area contributed by atoms with Gasteiger partial charge in [-0.1, -0.05) is 52.1 Å². The fourth-order valence-electron chi connectivity index (χ4n) is 3.06. The van der Waals surface area contributed by atoms with Crippen molar-refractivity contribution < 1.29 is 13.6 Å². The minimum absolute atomic E-state index is 0.0167. The molecule has 2 rings (SSSR count). The van der Waals surface area contributed by atoms with Crippen molar-refractivity contribution in [2.24, 2.45) is 17.3 Å². The molecule has 0 unspecified atom stereocenters. The summed E-state index contributed by atoms with van der Waals surface area (Å²) in [7, 11) is -1.12. The second-order valence-electron chi connectivity index (χ2n) is 6.74. The third-order valence-electron chi connectivity index (χ3n) is 4.88. The van der Waals surface area contributed by atoms with Crippen molar-refractivity contribution in [3.63, 3.8) is 0 Å². The smallest absolute Gasteiger partial charge is 0.227 e. The van der Waals surface area contributed by atoms with E-state index in [1.54, 1.807) is 11.8 Å². The van der Waals surface area contributed by atoms with Gasteiger partial charge in [0.2, 0.25) is 5.91 Å². The Bertz CT molecular complexity index is 538. The van der Waals surface area contributed by atoms with Crippen molar-refractivity contribution >= 4 is 37.2 Å². The van der Waals surface area contributed by atoms with Crippen LogP contribution >= 0.6 is 11.8 Å². The molecule has 1 fully saturated rings. The minimum atomic E-state index is -0.560. The first-order chi connectivity index (χ1) is 11.4. The molecule has 134 valence electrons. The number of carbonyl (C=O) groups excluding carboxylic acids is 1. The van der Waals surface area contributed by atoms with Crippen molar-refractivity contribution in [3.8, 4) is 0 Å². The van der Waals surface area contributed by atoms with Crippen LogP contribution in [0.4, 0.5) is 0 Å². The Morgan fingerprint density at radius 3 is 2.25 bits per heavy atom. The Hall–Kier alpha value is -0.606. The molecule has 1 amide bonds. The lowest BCUT2D eigenvalue weighted by Crippen LogP contribution is -2.62. The highest BCUT2D eigenvalue weighted by Gasteiger charge is 2.50. The molecule has 0 bridgehead atoms. The molecule has 0 aromatic heterocycles. The molecule has 0 radical (unpaired) electrons. The molecule has 0 aliphatic carbocycles. The summed E-state index contributed by atoms with van der Waals surface area (Å²) in [5.41, 5.74) is -0.191. The summed E-state index contributed by atoms with van der Waals surface area (Å²) in [6.45, 7) is 10.8. The number of thioether (sulfide) groups is 1. The number of carbonyl (C=O) groups is 1. The van der Waals surface area contributed by atoms with Crippen LogP contribution in [0.1, 0.15) is 20.8 Å². The van der Waals surface area contributed by atoms with Crippen molar-refractivity contribution in [2.45, 2.75) is 50.4 Å². The Labute approximate surface area is 154 Å². The Kier molecular flexibility index (Phi) is 7.12. The molecular formula is C17H29NO3SSi2. The maximum atomic E-state index is 12.3. The van der Waals surface area contributed by atoms with Crippen molar-refractivity contribution in [3.05, 3.63) is 30.3 Å². The summed E-state index contributed by atoms with van der Waals surface area (Å²) in [4.78, 5) is 13.5. The fourth-order valence-corrected chi connectivity index (χ4v) is 6.20. The number of hydrogen-bond acceptors (Lipinski definition) is 4. The average molecular weight is 384 g/mol. The van der Waals surface area contributed by atoms with E-state index in [9.17, 15) is 4.79 Å². The van der Waals surface area contributed by atoms with E-state index in [1.807, 2.05) is 18.2 Å². The van der Waals surface area contributed by atoms with E-state index in [2.05, 4.69) is 51.3 Å².